The molecule has 12 heteroatoms. The van der Waals surface area contributed by atoms with E-state index in [0.29, 0.717) is 12.8 Å². The molecule has 164 valence electrons. The molecule has 1 aromatic carbocycles. The molecule has 2 N–H and O–H groups in total. The number of carbonyl (C=O) groups excluding carboxylic acids is 3. The Labute approximate surface area is 174 Å². The van der Waals surface area contributed by atoms with E-state index in [4.69, 9.17) is 0 Å². The van der Waals surface area contributed by atoms with E-state index < -0.39 is 29.2 Å². The SMILES string of the molecule is O=C(CCN1C(=O)NC2(CCCC2)C1=O)Nc1cc(C(F)(F)F)ccc1-n1cncn1. The van der Waals surface area contributed by atoms with Gasteiger partial charge in [0.25, 0.3) is 5.91 Å². The highest BCUT2D eigenvalue weighted by Gasteiger charge is 2.52. The van der Waals surface area contributed by atoms with Crippen molar-refractivity contribution in [1.82, 2.24) is 25.0 Å². The molecule has 2 aliphatic rings. The van der Waals surface area contributed by atoms with Gasteiger partial charge in [-0.15, -0.1) is 0 Å². The van der Waals surface area contributed by atoms with Crippen molar-refractivity contribution < 1.29 is 27.6 Å². The standard InChI is InChI=1S/C19H19F3N6O3/c20-19(21,22)12-3-4-14(28-11-23-10-24-28)13(9-12)25-15(29)5-8-27-16(30)18(26-17(27)31)6-1-2-7-18/h3-4,9-11H,1-2,5-8H2,(H,25,29)(H,26,31). The number of halogens is 3. The molecule has 2 fully saturated rings. The van der Waals surface area contributed by atoms with Crippen LogP contribution in [0.4, 0.5) is 23.7 Å². The third kappa shape index (κ3) is 3.97. The third-order valence-electron chi connectivity index (χ3n) is 5.53. The Hall–Kier alpha value is -3.44. The number of hydrogen-bond donors (Lipinski definition) is 2. The minimum atomic E-state index is -4.60. The van der Waals surface area contributed by atoms with Gasteiger partial charge >= 0.3 is 12.2 Å². The van der Waals surface area contributed by atoms with Gasteiger partial charge in [0.2, 0.25) is 5.91 Å². The molecule has 1 saturated heterocycles. The molecule has 31 heavy (non-hydrogen) atoms. The van der Waals surface area contributed by atoms with Crippen molar-refractivity contribution in [2.24, 2.45) is 0 Å². The molecule has 4 rings (SSSR count). The minimum absolute atomic E-state index is 0.116. The van der Waals surface area contributed by atoms with Crippen LogP contribution in [0.1, 0.15) is 37.7 Å². The fourth-order valence-corrected chi connectivity index (χ4v) is 3.97. The maximum Gasteiger partial charge on any atom is 0.416 e. The highest BCUT2D eigenvalue weighted by Crippen LogP contribution is 2.35. The van der Waals surface area contributed by atoms with Crippen molar-refractivity contribution in [1.29, 1.82) is 0 Å². The smallest absolute Gasteiger partial charge is 0.324 e. The Morgan fingerprint density at radius 2 is 1.97 bits per heavy atom. The van der Waals surface area contributed by atoms with Gasteiger partial charge in [-0.25, -0.2) is 14.5 Å². The molecule has 9 nitrogen and oxygen atoms in total. The Morgan fingerprint density at radius 1 is 1.23 bits per heavy atom. The first-order chi connectivity index (χ1) is 14.7. The summed E-state index contributed by atoms with van der Waals surface area (Å²) in [4.78, 5) is 42.1. The lowest BCUT2D eigenvalue weighted by Crippen LogP contribution is -2.44. The second kappa shape index (κ2) is 7.67. The monoisotopic (exact) mass is 436 g/mol. The summed E-state index contributed by atoms with van der Waals surface area (Å²) in [5, 5.41) is 9.03. The second-order valence-electron chi connectivity index (χ2n) is 7.54. The molecule has 0 radical (unpaired) electrons. The maximum absolute atomic E-state index is 13.1. The molecular formula is C19H19F3N6O3. The average Bonchev–Trinajstić information content (AvgIpc) is 3.43. The molecule has 2 heterocycles. The number of amides is 4. The Morgan fingerprint density at radius 3 is 2.61 bits per heavy atom. The molecule has 4 amide bonds. The van der Waals surface area contributed by atoms with Crippen LogP contribution < -0.4 is 10.6 Å². The van der Waals surface area contributed by atoms with Crippen molar-refractivity contribution >= 4 is 23.5 Å². The van der Waals surface area contributed by atoms with Crippen LogP contribution in [-0.4, -0.2) is 49.6 Å². The van der Waals surface area contributed by atoms with Crippen LogP contribution in [0.2, 0.25) is 0 Å². The molecule has 0 atom stereocenters. The average molecular weight is 436 g/mol. The van der Waals surface area contributed by atoms with E-state index in [0.717, 1.165) is 29.9 Å². The molecule has 0 bridgehead atoms. The van der Waals surface area contributed by atoms with E-state index in [1.165, 1.54) is 23.4 Å². The summed E-state index contributed by atoms with van der Waals surface area (Å²) in [5.74, 6) is -1.00. The quantitative estimate of drug-likeness (QED) is 0.700. The van der Waals surface area contributed by atoms with Gasteiger partial charge in [0.15, 0.2) is 0 Å². The van der Waals surface area contributed by atoms with E-state index in [-0.39, 0.29) is 30.2 Å². The van der Waals surface area contributed by atoms with E-state index in [2.05, 4.69) is 20.7 Å². The maximum atomic E-state index is 13.1. The number of carbonyl (C=O) groups is 3. The number of anilines is 1. The van der Waals surface area contributed by atoms with Crippen LogP contribution in [0.15, 0.2) is 30.9 Å². The number of nitrogens with zero attached hydrogens (tertiary/aromatic N) is 4. The van der Waals surface area contributed by atoms with Gasteiger partial charge in [0.05, 0.1) is 16.9 Å². The van der Waals surface area contributed by atoms with Gasteiger partial charge in [-0.2, -0.15) is 18.3 Å². The first-order valence-corrected chi connectivity index (χ1v) is 9.70. The summed E-state index contributed by atoms with van der Waals surface area (Å²) in [6.07, 6.45) is 0.421. The summed E-state index contributed by atoms with van der Waals surface area (Å²) in [6.45, 7) is -0.171. The van der Waals surface area contributed by atoms with Gasteiger partial charge in [-0.3, -0.25) is 14.5 Å². The van der Waals surface area contributed by atoms with Crippen LogP contribution >= 0.6 is 0 Å². The van der Waals surface area contributed by atoms with Gasteiger partial charge in [-0.1, -0.05) is 12.8 Å². The van der Waals surface area contributed by atoms with Crippen LogP contribution in [0.5, 0.6) is 0 Å². The number of hydrogen-bond acceptors (Lipinski definition) is 5. The summed E-state index contributed by atoms with van der Waals surface area (Å²) in [6, 6.07) is 2.30. The number of alkyl halides is 3. The lowest BCUT2D eigenvalue weighted by molar-refractivity contribution is -0.137. The van der Waals surface area contributed by atoms with Crippen LogP contribution in [-0.2, 0) is 15.8 Å². The Kier molecular flexibility index (Phi) is 5.15. The summed E-state index contributed by atoms with van der Waals surface area (Å²) in [5.41, 5.74) is -1.74. The number of aromatic nitrogens is 3. The molecule has 1 spiro atoms. The van der Waals surface area contributed by atoms with Crippen LogP contribution in [0.3, 0.4) is 0 Å². The van der Waals surface area contributed by atoms with Gasteiger partial charge in [0.1, 0.15) is 18.2 Å². The van der Waals surface area contributed by atoms with Gasteiger partial charge < -0.3 is 10.6 Å². The summed E-state index contributed by atoms with van der Waals surface area (Å²) < 4.78 is 40.6. The number of rotatable bonds is 5. The lowest BCUT2D eigenvalue weighted by Gasteiger charge is -2.20. The van der Waals surface area contributed by atoms with Crippen molar-refractivity contribution in [3.05, 3.63) is 36.4 Å². The van der Waals surface area contributed by atoms with E-state index >= 15 is 0 Å². The zero-order valence-electron chi connectivity index (χ0n) is 16.3. The van der Waals surface area contributed by atoms with E-state index in [1.54, 1.807) is 0 Å². The summed E-state index contributed by atoms with van der Waals surface area (Å²) in [7, 11) is 0. The van der Waals surface area contributed by atoms with Crippen LogP contribution in [0.25, 0.3) is 5.69 Å². The first-order valence-electron chi connectivity index (χ1n) is 9.70. The fourth-order valence-electron chi connectivity index (χ4n) is 3.97. The van der Waals surface area contributed by atoms with E-state index in [9.17, 15) is 27.6 Å². The number of imide groups is 1. The molecule has 1 saturated carbocycles. The topological polar surface area (TPSA) is 109 Å². The highest BCUT2D eigenvalue weighted by atomic mass is 19.4. The van der Waals surface area contributed by atoms with E-state index in [1.807, 2.05) is 0 Å². The molecule has 1 aliphatic carbocycles. The predicted molar refractivity (Wildman–Crippen MR) is 101 cm³/mol. The fraction of sp³-hybridized carbons (Fsp3) is 0.421. The second-order valence-corrected chi connectivity index (χ2v) is 7.54. The summed E-state index contributed by atoms with van der Waals surface area (Å²) >= 11 is 0. The lowest BCUT2D eigenvalue weighted by atomic mass is 9.98. The van der Waals surface area contributed by atoms with Crippen molar-refractivity contribution in [2.75, 3.05) is 11.9 Å². The third-order valence-corrected chi connectivity index (χ3v) is 5.53. The van der Waals surface area contributed by atoms with Gasteiger partial charge in [-0.05, 0) is 31.0 Å². The Balaban J connectivity index is 1.48. The highest BCUT2D eigenvalue weighted by molar-refractivity contribution is 6.07. The zero-order valence-corrected chi connectivity index (χ0v) is 16.3. The minimum Gasteiger partial charge on any atom is -0.324 e. The zero-order chi connectivity index (χ0) is 22.2. The number of urea groups is 1. The van der Waals surface area contributed by atoms with Crippen molar-refractivity contribution in [2.45, 2.75) is 43.8 Å². The number of nitrogens with one attached hydrogen (secondary N) is 2. The van der Waals surface area contributed by atoms with Crippen molar-refractivity contribution in [3.8, 4) is 5.69 Å². The van der Waals surface area contributed by atoms with Crippen molar-refractivity contribution in [3.63, 3.8) is 0 Å². The largest absolute Gasteiger partial charge is 0.416 e. The normalized spacial score (nSPS) is 18.0. The molecule has 1 aromatic heterocycles. The molecule has 2 aromatic rings. The first kappa shape index (κ1) is 20.8. The van der Waals surface area contributed by atoms with Gasteiger partial charge in [0, 0.05) is 13.0 Å². The molecule has 1 aliphatic heterocycles. The Bertz CT molecular complexity index is 1020. The number of benzene rings is 1. The predicted octanol–water partition coefficient (Wildman–Crippen LogP) is 2.48. The molecule has 0 unspecified atom stereocenters. The molecular weight excluding hydrogens is 417 g/mol. The van der Waals surface area contributed by atoms with Crippen LogP contribution in [0, 0.1) is 0 Å².